The van der Waals surface area contributed by atoms with Gasteiger partial charge in [0.25, 0.3) is 5.91 Å². The standard InChI is InChI=1S/C18H23NO2/c1-2-12-19(14-15-10-11-15)18(21)17-9-4-3-7-16(17)8-5-6-13-20/h3-4,7,9,15,20H,2,6,10-14H2,1H3. The summed E-state index contributed by atoms with van der Waals surface area (Å²) < 4.78 is 0. The van der Waals surface area contributed by atoms with Crippen molar-refractivity contribution >= 4 is 5.91 Å². The first kappa shape index (κ1) is 15.6. The molecule has 1 aliphatic carbocycles. The second-order valence-corrected chi connectivity index (χ2v) is 5.52. The highest BCUT2D eigenvalue weighted by molar-refractivity contribution is 5.96. The van der Waals surface area contributed by atoms with E-state index in [0.29, 0.717) is 17.9 Å². The first-order valence-electron chi connectivity index (χ1n) is 7.74. The molecule has 1 amide bonds. The maximum Gasteiger partial charge on any atom is 0.255 e. The van der Waals surface area contributed by atoms with Gasteiger partial charge in [0, 0.05) is 25.1 Å². The molecule has 1 saturated carbocycles. The number of aliphatic hydroxyl groups excluding tert-OH is 1. The lowest BCUT2D eigenvalue weighted by Crippen LogP contribution is -2.34. The third-order valence-electron chi connectivity index (χ3n) is 3.57. The van der Waals surface area contributed by atoms with Crippen molar-refractivity contribution in [2.75, 3.05) is 19.7 Å². The number of hydrogen-bond donors (Lipinski definition) is 1. The number of hydrogen-bond acceptors (Lipinski definition) is 2. The minimum Gasteiger partial charge on any atom is -0.395 e. The summed E-state index contributed by atoms with van der Waals surface area (Å²) in [5.74, 6) is 6.67. The van der Waals surface area contributed by atoms with Crippen molar-refractivity contribution in [3.63, 3.8) is 0 Å². The van der Waals surface area contributed by atoms with E-state index in [1.165, 1.54) is 12.8 Å². The summed E-state index contributed by atoms with van der Waals surface area (Å²) in [6, 6.07) is 7.50. The Hall–Kier alpha value is -1.79. The Balaban J connectivity index is 2.18. The van der Waals surface area contributed by atoms with Crippen LogP contribution < -0.4 is 0 Å². The molecule has 3 heteroatoms. The van der Waals surface area contributed by atoms with E-state index in [9.17, 15) is 4.79 Å². The molecule has 1 aliphatic rings. The van der Waals surface area contributed by atoms with Gasteiger partial charge in [-0.2, -0.15) is 0 Å². The van der Waals surface area contributed by atoms with Gasteiger partial charge >= 0.3 is 0 Å². The van der Waals surface area contributed by atoms with Crippen LogP contribution in [0.4, 0.5) is 0 Å². The average Bonchev–Trinajstić information content (AvgIpc) is 3.31. The molecule has 0 atom stereocenters. The van der Waals surface area contributed by atoms with Gasteiger partial charge in [0.05, 0.1) is 12.2 Å². The Bertz CT molecular complexity index is 538. The molecule has 21 heavy (non-hydrogen) atoms. The first-order valence-corrected chi connectivity index (χ1v) is 7.74. The van der Waals surface area contributed by atoms with E-state index in [-0.39, 0.29) is 12.5 Å². The summed E-state index contributed by atoms with van der Waals surface area (Å²) in [6.45, 7) is 3.81. The minimum absolute atomic E-state index is 0.0484. The van der Waals surface area contributed by atoms with Crippen LogP contribution in [0.5, 0.6) is 0 Å². The van der Waals surface area contributed by atoms with Gasteiger partial charge in [0.15, 0.2) is 0 Å². The zero-order chi connectivity index (χ0) is 15.1. The van der Waals surface area contributed by atoms with E-state index in [1.54, 1.807) is 0 Å². The SMILES string of the molecule is CCCN(CC1CC1)C(=O)c1ccccc1C#CCCO. The van der Waals surface area contributed by atoms with E-state index < -0.39 is 0 Å². The fraction of sp³-hybridized carbons (Fsp3) is 0.500. The van der Waals surface area contributed by atoms with Crippen molar-refractivity contribution in [2.24, 2.45) is 5.92 Å². The van der Waals surface area contributed by atoms with Gasteiger partial charge in [0.2, 0.25) is 0 Å². The van der Waals surface area contributed by atoms with Gasteiger partial charge in [-0.3, -0.25) is 4.79 Å². The fourth-order valence-corrected chi connectivity index (χ4v) is 2.32. The molecule has 0 unspecified atom stereocenters. The summed E-state index contributed by atoms with van der Waals surface area (Å²) in [6.07, 6.45) is 3.89. The van der Waals surface area contributed by atoms with Crippen LogP contribution in [0.3, 0.4) is 0 Å². The summed E-state index contributed by atoms with van der Waals surface area (Å²) in [7, 11) is 0. The van der Waals surface area contributed by atoms with E-state index in [1.807, 2.05) is 29.2 Å². The molecule has 0 saturated heterocycles. The zero-order valence-electron chi connectivity index (χ0n) is 12.6. The summed E-state index contributed by atoms with van der Waals surface area (Å²) in [4.78, 5) is 14.7. The van der Waals surface area contributed by atoms with Crippen LogP contribution in [0.1, 0.15) is 48.5 Å². The molecule has 1 fully saturated rings. The molecule has 1 N–H and O–H groups in total. The monoisotopic (exact) mass is 285 g/mol. The molecular formula is C18H23NO2. The van der Waals surface area contributed by atoms with E-state index in [0.717, 1.165) is 25.1 Å². The zero-order valence-corrected chi connectivity index (χ0v) is 12.6. The van der Waals surface area contributed by atoms with E-state index in [4.69, 9.17) is 5.11 Å². The van der Waals surface area contributed by atoms with Crippen LogP contribution in [0.15, 0.2) is 24.3 Å². The van der Waals surface area contributed by atoms with Crippen molar-refractivity contribution in [1.82, 2.24) is 4.90 Å². The predicted molar refractivity (Wildman–Crippen MR) is 83.9 cm³/mol. The predicted octanol–water partition coefficient (Wildman–Crippen LogP) is 2.68. The van der Waals surface area contributed by atoms with Crippen LogP contribution in [0.25, 0.3) is 0 Å². The molecule has 2 rings (SSSR count). The summed E-state index contributed by atoms with van der Waals surface area (Å²) in [5.41, 5.74) is 1.44. The molecule has 0 radical (unpaired) electrons. The smallest absolute Gasteiger partial charge is 0.255 e. The summed E-state index contributed by atoms with van der Waals surface area (Å²) in [5, 5.41) is 8.81. The highest BCUT2D eigenvalue weighted by Crippen LogP contribution is 2.30. The second-order valence-electron chi connectivity index (χ2n) is 5.52. The van der Waals surface area contributed by atoms with Gasteiger partial charge in [-0.25, -0.2) is 0 Å². The number of aliphatic hydroxyl groups is 1. The lowest BCUT2D eigenvalue weighted by atomic mass is 10.1. The second kappa shape index (κ2) is 7.85. The van der Waals surface area contributed by atoms with Gasteiger partial charge in [0.1, 0.15) is 0 Å². The number of carbonyl (C=O) groups excluding carboxylic acids is 1. The molecule has 0 aromatic heterocycles. The number of carbonyl (C=O) groups is 1. The first-order chi connectivity index (χ1) is 10.3. The van der Waals surface area contributed by atoms with Crippen molar-refractivity contribution in [3.8, 4) is 11.8 Å². The number of benzene rings is 1. The minimum atomic E-state index is 0.0484. The maximum atomic E-state index is 12.8. The Morgan fingerprint density at radius 1 is 1.38 bits per heavy atom. The van der Waals surface area contributed by atoms with Gasteiger partial charge in [-0.05, 0) is 37.3 Å². The summed E-state index contributed by atoms with van der Waals surface area (Å²) >= 11 is 0. The molecule has 0 spiro atoms. The highest BCUT2D eigenvalue weighted by atomic mass is 16.2. The quantitative estimate of drug-likeness (QED) is 0.816. The Morgan fingerprint density at radius 2 is 2.14 bits per heavy atom. The Morgan fingerprint density at radius 3 is 2.81 bits per heavy atom. The number of rotatable bonds is 6. The Kier molecular flexibility index (Phi) is 5.83. The van der Waals surface area contributed by atoms with Crippen molar-refractivity contribution < 1.29 is 9.90 Å². The molecule has 3 nitrogen and oxygen atoms in total. The molecular weight excluding hydrogens is 262 g/mol. The van der Waals surface area contributed by atoms with Crippen LogP contribution >= 0.6 is 0 Å². The van der Waals surface area contributed by atoms with Crippen molar-refractivity contribution in [3.05, 3.63) is 35.4 Å². The number of amides is 1. The van der Waals surface area contributed by atoms with Gasteiger partial charge in [-0.15, -0.1) is 0 Å². The van der Waals surface area contributed by atoms with Gasteiger partial charge < -0.3 is 10.0 Å². The molecule has 1 aromatic rings. The van der Waals surface area contributed by atoms with Crippen LogP contribution in [-0.2, 0) is 0 Å². The fourth-order valence-electron chi connectivity index (χ4n) is 2.32. The third kappa shape index (κ3) is 4.61. The lowest BCUT2D eigenvalue weighted by Gasteiger charge is -2.22. The normalized spacial score (nSPS) is 13.4. The average molecular weight is 285 g/mol. The van der Waals surface area contributed by atoms with Crippen molar-refractivity contribution in [1.29, 1.82) is 0 Å². The van der Waals surface area contributed by atoms with Crippen LogP contribution in [0.2, 0.25) is 0 Å². The highest BCUT2D eigenvalue weighted by Gasteiger charge is 2.27. The van der Waals surface area contributed by atoms with Crippen LogP contribution in [0, 0.1) is 17.8 Å². The van der Waals surface area contributed by atoms with E-state index >= 15 is 0 Å². The number of nitrogens with zero attached hydrogens (tertiary/aromatic N) is 1. The van der Waals surface area contributed by atoms with Crippen LogP contribution in [-0.4, -0.2) is 35.6 Å². The topological polar surface area (TPSA) is 40.5 Å². The molecule has 1 aromatic carbocycles. The Labute approximate surface area is 127 Å². The molecule has 0 aliphatic heterocycles. The van der Waals surface area contributed by atoms with Crippen molar-refractivity contribution in [2.45, 2.75) is 32.6 Å². The maximum absolute atomic E-state index is 12.8. The third-order valence-corrected chi connectivity index (χ3v) is 3.57. The van der Waals surface area contributed by atoms with Gasteiger partial charge in [-0.1, -0.05) is 30.9 Å². The van der Waals surface area contributed by atoms with E-state index in [2.05, 4.69) is 18.8 Å². The largest absolute Gasteiger partial charge is 0.395 e. The lowest BCUT2D eigenvalue weighted by molar-refractivity contribution is 0.0747. The molecule has 0 heterocycles. The molecule has 0 bridgehead atoms. The molecule has 112 valence electrons.